The van der Waals surface area contributed by atoms with Gasteiger partial charge >= 0.3 is 0 Å². The van der Waals surface area contributed by atoms with Crippen molar-refractivity contribution >= 4 is 17.2 Å². The highest BCUT2D eigenvalue weighted by molar-refractivity contribution is 7.80. The van der Waals surface area contributed by atoms with Crippen LogP contribution in [0.4, 0.5) is 4.39 Å². The van der Waals surface area contributed by atoms with Crippen LogP contribution in [0.5, 0.6) is 5.75 Å². The molecule has 0 aliphatic rings. The number of halogens is 1. The van der Waals surface area contributed by atoms with E-state index in [2.05, 4.69) is 0 Å². The molecule has 5 heteroatoms. The molecule has 0 saturated carbocycles. The molecule has 0 spiro atoms. The topological polar surface area (TPSA) is 44.5 Å². The van der Waals surface area contributed by atoms with Crippen LogP contribution in [0.15, 0.2) is 18.2 Å². The number of hydrogen-bond donors (Lipinski definition) is 1. The van der Waals surface area contributed by atoms with E-state index in [4.69, 9.17) is 27.4 Å². The molecule has 0 atom stereocenters. The molecular formula is C12H16FNO2S. The van der Waals surface area contributed by atoms with Crippen molar-refractivity contribution in [3.05, 3.63) is 29.6 Å². The van der Waals surface area contributed by atoms with Crippen molar-refractivity contribution in [1.82, 2.24) is 0 Å². The second-order valence-electron chi connectivity index (χ2n) is 3.75. The Labute approximate surface area is 106 Å². The fraction of sp³-hybridized carbons (Fsp3) is 0.417. The first-order valence-corrected chi connectivity index (χ1v) is 5.76. The van der Waals surface area contributed by atoms with E-state index in [1.54, 1.807) is 12.1 Å². The van der Waals surface area contributed by atoms with Crippen LogP contribution in [0.25, 0.3) is 0 Å². The number of hydrogen-bond acceptors (Lipinski definition) is 3. The molecule has 2 N–H and O–H groups in total. The summed E-state index contributed by atoms with van der Waals surface area (Å²) in [4.78, 5) is -0.0112. The number of benzene rings is 1. The third kappa shape index (κ3) is 4.28. The van der Waals surface area contributed by atoms with Crippen molar-refractivity contribution in [1.29, 1.82) is 0 Å². The maximum atomic E-state index is 13.5. The fourth-order valence-electron chi connectivity index (χ4n) is 1.30. The molecule has 0 aliphatic carbocycles. The summed E-state index contributed by atoms with van der Waals surface area (Å²) in [6, 6.07) is 4.48. The molecule has 0 aromatic heterocycles. The first-order valence-electron chi connectivity index (χ1n) is 5.35. The summed E-state index contributed by atoms with van der Waals surface area (Å²) in [5.41, 5.74) is 5.59. The number of rotatable bonds is 6. The molecule has 1 aromatic rings. The molecule has 0 heterocycles. The molecule has 0 bridgehead atoms. The minimum absolute atomic E-state index is 0.0112. The van der Waals surface area contributed by atoms with Crippen LogP contribution in [0.3, 0.4) is 0 Å². The van der Waals surface area contributed by atoms with E-state index in [1.165, 1.54) is 6.07 Å². The Balaban J connectivity index is 2.64. The van der Waals surface area contributed by atoms with E-state index in [-0.39, 0.29) is 16.7 Å². The zero-order valence-corrected chi connectivity index (χ0v) is 10.7. The lowest BCUT2D eigenvalue weighted by atomic mass is 10.2. The second-order valence-corrected chi connectivity index (χ2v) is 4.19. The van der Waals surface area contributed by atoms with Crippen molar-refractivity contribution in [2.75, 3.05) is 13.2 Å². The van der Waals surface area contributed by atoms with Crippen molar-refractivity contribution in [2.45, 2.75) is 20.0 Å². The summed E-state index contributed by atoms with van der Waals surface area (Å²) in [6.07, 6.45) is 0.140. The van der Waals surface area contributed by atoms with Gasteiger partial charge in [0.25, 0.3) is 0 Å². The standard InChI is InChI=1S/C12H16FNO2S/c1-8(2)15-6-7-16-10-5-3-4-9(13)11(10)12(14)17/h3-5,8H,6-7H2,1-2H3,(H2,14,17). The van der Waals surface area contributed by atoms with Gasteiger partial charge < -0.3 is 15.2 Å². The maximum absolute atomic E-state index is 13.5. The molecule has 94 valence electrons. The molecule has 0 aliphatic heterocycles. The fourth-order valence-corrected chi connectivity index (χ4v) is 1.50. The van der Waals surface area contributed by atoms with E-state index in [0.717, 1.165) is 0 Å². The largest absolute Gasteiger partial charge is 0.490 e. The number of thiocarbonyl (C=S) groups is 1. The highest BCUT2D eigenvalue weighted by atomic mass is 32.1. The molecule has 3 nitrogen and oxygen atoms in total. The third-order valence-corrected chi connectivity index (χ3v) is 2.22. The lowest BCUT2D eigenvalue weighted by Crippen LogP contribution is -2.16. The summed E-state index contributed by atoms with van der Waals surface area (Å²) in [5.74, 6) is -0.121. The van der Waals surface area contributed by atoms with E-state index >= 15 is 0 Å². The van der Waals surface area contributed by atoms with Crippen LogP contribution in [0.1, 0.15) is 19.4 Å². The van der Waals surface area contributed by atoms with Gasteiger partial charge in [-0.05, 0) is 26.0 Å². The highest BCUT2D eigenvalue weighted by Gasteiger charge is 2.11. The zero-order valence-electron chi connectivity index (χ0n) is 9.90. The predicted molar refractivity (Wildman–Crippen MR) is 68.9 cm³/mol. The van der Waals surface area contributed by atoms with Gasteiger partial charge in [-0.1, -0.05) is 18.3 Å². The number of nitrogens with two attached hydrogens (primary N) is 1. The van der Waals surface area contributed by atoms with Crippen molar-refractivity contribution in [3.63, 3.8) is 0 Å². The Morgan fingerprint density at radius 2 is 2.12 bits per heavy atom. The Morgan fingerprint density at radius 1 is 1.41 bits per heavy atom. The Morgan fingerprint density at radius 3 is 2.71 bits per heavy atom. The Bertz CT molecular complexity index is 396. The average molecular weight is 257 g/mol. The summed E-state index contributed by atoms with van der Waals surface area (Å²) >= 11 is 4.78. The molecule has 0 fully saturated rings. The molecule has 0 saturated heterocycles. The van der Waals surface area contributed by atoms with E-state index < -0.39 is 5.82 Å². The third-order valence-electron chi connectivity index (χ3n) is 2.01. The maximum Gasteiger partial charge on any atom is 0.137 e. The lowest BCUT2D eigenvalue weighted by molar-refractivity contribution is 0.0551. The van der Waals surface area contributed by atoms with Gasteiger partial charge in [0.05, 0.1) is 18.3 Å². The monoisotopic (exact) mass is 257 g/mol. The van der Waals surface area contributed by atoms with Crippen molar-refractivity contribution in [3.8, 4) is 5.75 Å². The van der Waals surface area contributed by atoms with Gasteiger partial charge in [-0.15, -0.1) is 0 Å². The van der Waals surface area contributed by atoms with Crippen LogP contribution in [-0.2, 0) is 4.74 Å². The molecule has 17 heavy (non-hydrogen) atoms. The lowest BCUT2D eigenvalue weighted by Gasteiger charge is -2.12. The highest BCUT2D eigenvalue weighted by Crippen LogP contribution is 2.21. The molecule has 0 radical (unpaired) electrons. The SMILES string of the molecule is CC(C)OCCOc1cccc(F)c1C(N)=S. The molecule has 1 aromatic carbocycles. The molecule has 0 amide bonds. The van der Waals surface area contributed by atoms with Gasteiger partial charge in [0, 0.05) is 0 Å². The van der Waals surface area contributed by atoms with Gasteiger partial charge in [0.2, 0.25) is 0 Å². The Kier molecular flexibility index (Phi) is 5.31. The second kappa shape index (κ2) is 6.51. The van der Waals surface area contributed by atoms with Crippen LogP contribution in [0, 0.1) is 5.82 Å². The molecule has 0 unspecified atom stereocenters. The van der Waals surface area contributed by atoms with E-state index in [0.29, 0.717) is 19.0 Å². The van der Waals surface area contributed by atoms with Gasteiger partial charge in [-0.25, -0.2) is 4.39 Å². The van der Waals surface area contributed by atoms with Crippen LogP contribution >= 0.6 is 12.2 Å². The minimum atomic E-state index is -0.472. The average Bonchev–Trinajstić information content (AvgIpc) is 2.23. The van der Waals surface area contributed by atoms with Crippen LogP contribution < -0.4 is 10.5 Å². The predicted octanol–water partition coefficient (Wildman–Crippen LogP) is 2.26. The first kappa shape index (κ1) is 13.9. The van der Waals surface area contributed by atoms with Gasteiger partial charge in [0.15, 0.2) is 0 Å². The van der Waals surface area contributed by atoms with Crippen molar-refractivity contribution in [2.24, 2.45) is 5.73 Å². The first-order chi connectivity index (χ1) is 8.02. The molecule has 1 rings (SSSR count). The van der Waals surface area contributed by atoms with Gasteiger partial charge in [-0.3, -0.25) is 0 Å². The summed E-state index contributed by atoms with van der Waals surface area (Å²) in [7, 11) is 0. The minimum Gasteiger partial charge on any atom is -0.490 e. The zero-order chi connectivity index (χ0) is 12.8. The van der Waals surface area contributed by atoms with Gasteiger partial charge in [0.1, 0.15) is 23.2 Å². The smallest absolute Gasteiger partial charge is 0.137 e. The normalized spacial score (nSPS) is 10.6. The summed E-state index contributed by atoms with van der Waals surface area (Å²) in [5, 5.41) is 0. The van der Waals surface area contributed by atoms with E-state index in [9.17, 15) is 4.39 Å². The van der Waals surface area contributed by atoms with Crippen LogP contribution in [0.2, 0.25) is 0 Å². The molecular weight excluding hydrogens is 241 g/mol. The number of ether oxygens (including phenoxy) is 2. The van der Waals surface area contributed by atoms with Crippen molar-refractivity contribution < 1.29 is 13.9 Å². The van der Waals surface area contributed by atoms with E-state index in [1.807, 2.05) is 13.8 Å². The van der Waals surface area contributed by atoms with Gasteiger partial charge in [-0.2, -0.15) is 0 Å². The van der Waals surface area contributed by atoms with Crippen LogP contribution in [-0.4, -0.2) is 24.3 Å². The summed E-state index contributed by atoms with van der Waals surface area (Å²) in [6.45, 7) is 4.63. The quantitative estimate of drug-likeness (QED) is 0.627. The summed E-state index contributed by atoms with van der Waals surface area (Å²) < 4.78 is 24.2. The Hall–Kier alpha value is -1.20.